The molecule has 38 heavy (non-hydrogen) atoms. The topological polar surface area (TPSA) is 69.4 Å². The van der Waals surface area contributed by atoms with Crippen LogP contribution in [0, 0.1) is 6.92 Å². The SMILES string of the molecule is C=C/C(=C\C(=C/C)c1ccc2[nH]nc(-c3cc(/C(=C\C=C/C)c4cccs4)c(C)[nH]3)c2n1)NC(C)C.CC. The molecule has 4 aromatic rings. The molecular weight excluding hydrogens is 486 g/mol. The number of fused-ring (bicyclic) bond motifs is 1. The van der Waals surface area contributed by atoms with Crippen LogP contribution >= 0.6 is 11.3 Å². The molecule has 0 amide bonds. The Labute approximate surface area is 230 Å². The predicted octanol–water partition coefficient (Wildman–Crippen LogP) is 8.83. The lowest BCUT2D eigenvalue weighted by molar-refractivity contribution is 0.682. The van der Waals surface area contributed by atoms with Gasteiger partial charge in [0.1, 0.15) is 11.2 Å². The number of nitrogens with zero attached hydrogens (tertiary/aromatic N) is 2. The summed E-state index contributed by atoms with van der Waals surface area (Å²) in [5, 5.41) is 13.3. The molecule has 0 fully saturated rings. The van der Waals surface area contributed by atoms with E-state index < -0.39 is 0 Å². The molecule has 0 radical (unpaired) electrons. The molecule has 0 aromatic carbocycles. The van der Waals surface area contributed by atoms with E-state index in [4.69, 9.17) is 4.98 Å². The molecule has 5 nitrogen and oxygen atoms in total. The number of hydrogen-bond donors (Lipinski definition) is 3. The maximum Gasteiger partial charge on any atom is 0.135 e. The first kappa shape index (κ1) is 28.7. The first-order valence-corrected chi connectivity index (χ1v) is 14.0. The fourth-order valence-electron chi connectivity index (χ4n) is 4.11. The van der Waals surface area contributed by atoms with Crippen LogP contribution in [0.1, 0.15) is 63.4 Å². The van der Waals surface area contributed by atoms with E-state index >= 15 is 0 Å². The molecule has 6 heteroatoms. The van der Waals surface area contributed by atoms with Crippen LogP contribution in [0.15, 0.2) is 84.4 Å². The van der Waals surface area contributed by atoms with Gasteiger partial charge in [0.2, 0.25) is 0 Å². The van der Waals surface area contributed by atoms with Crippen LogP contribution in [-0.2, 0) is 0 Å². The second kappa shape index (κ2) is 13.6. The Morgan fingerprint density at radius 3 is 2.58 bits per heavy atom. The Morgan fingerprint density at radius 2 is 1.95 bits per heavy atom. The fraction of sp³-hybridized carbons (Fsp3) is 0.250. The molecule has 0 aliphatic carbocycles. The van der Waals surface area contributed by atoms with Gasteiger partial charge in [-0.15, -0.1) is 11.3 Å². The van der Waals surface area contributed by atoms with Crippen LogP contribution in [0.5, 0.6) is 0 Å². The monoisotopic (exact) mass is 525 g/mol. The molecule has 0 aliphatic rings. The first-order chi connectivity index (χ1) is 18.4. The summed E-state index contributed by atoms with van der Waals surface area (Å²) < 4.78 is 0. The zero-order chi connectivity index (χ0) is 27.7. The minimum atomic E-state index is 0.314. The molecule has 0 saturated heterocycles. The van der Waals surface area contributed by atoms with E-state index in [1.54, 1.807) is 11.3 Å². The van der Waals surface area contributed by atoms with Gasteiger partial charge in [0, 0.05) is 33.4 Å². The fourth-order valence-corrected chi connectivity index (χ4v) is 4.87. The number of thiophene rings is 1. The number of pyridine rings is 1. The number of H-pyrrole nitrogens is 2. The number of nitrogens with one attached hydrogen (secondary N) is 3. The zero-order valence-corrected chi connectivity index (χ0v) is 24.3. The Balaban J connectivity index is 0.00000195. The molecule has 3 N–H and O–H groups in total. The largest absolute Gasteiger partial charge is 0.383 e. The van der Waals surface area contributed by atoms with E-state index in [1.807, 2.05) is 52.0 Å². The summed E-state index contributed by atoms with van der Waals surface area (Å²) in [4.78, 5) is 9.80. The lowest BCUT2D eigenvalue weighted by Crippen LogP contribution is -2.20. The maximum absolute atomic E-state index is 5.02. The maximum atomic E-state index is 5.02. The van der Waals surface area contributed by atoms with Gasteiger partial charge in [-0.25, -0.2) is 4.98 Å². The molecule has 4 rings (SSSR count). The zero-order valence-electron chi connectivity index (χ0n) is 23.5. The van der Waals surface area contributed by atoms with Crippen molar-refractivity contribution in [3.05, 3.63) is 106 Å². The van der Waals surface area contributed by atoms with Crippen LogP contribution in [-0.4, -0.2) is 26.2 Å². The molecule has 198 valence electrons. The number of hydrogen-bond acceptors (Lipinski definition) is 4. The third-order valence-electron chi connectivity index (χ3n) is 5.80. The highest BCUT2D eigenvalue weighted by molar-refractivity contribution is 7.11. The molecule has 0 saturated carbocycles. The van der Waals surface area contributed by atoms with Gasteiger partial charge in [0.25, 0.3) is 0 Å². The summed E-state index contributed by atoms with van der Waals surface area (Å²) in [5.41, 5.74) is 9.78. The lowest BCUT2D eigenvalue weighted by Gasteiger charge is -2.12. The van der Waals surface area contributed by atoms with Crippen molar-refractivity contribution in [2.45, 2.75) is 54.5 Å². The van der Waals surface area contributed by atoms with Crippen molar-refractivity contribution in [3.8, 4) is 11.4 Å². The van der Waals surface area contributed by atoms with E-state index in [-0.39, 0.29) is 0 Å². The number of aryl methyl sites for hydroxylation is 1. The Morgan fingerprint density at radius 1 is 1.16 bits per heavy atom. The lowest BCUT2D eigenvalue weighted by atomic mass is 10.0. The molecule has 0 atom stereocenters. The first-order valence-electron chi connectivity index (χ1n) is 13.1. The van der Waals surface area contributed by atoms with Gasteiger partial charge in [0.15, 0.2) is 0 Å². The van der Waals surface area contributed by atoms with E-state index in [9.17, 15) is 0 Å². The third-order valence-corrected chi connectivity index (χ3v) is 6.71. The standard InChI is InChI=1S/C30H33N5S.C2H6/c1-7-10-12-23(28-13-11-16-36-28)24-18-27(32-20(24)6)30-29-26(34-35-30)15-14-25(33-29)21(8-2)17-22(9-3)31-19(4)5;1-2/h7-19,31-32H,3H2,1-2,4-6H3,(H,34,35);1-2H3/b10-7-,21-8+,22-17+,23-12+;. The average Bonchev–Trinajstić information content (AvgIpc) is 3.68. The van der Waals surface area contributed by atoms with Gasteiger partial charge in [-0.2, -0.15) is 5.10 Å². The van der Waals surface area contributed by atoms with Crippen molar-refractivity contribution >= 4 is 33.5 Å². The molecule has 0 spiro atoms. The second-order valence-electron chi connectivity index (χ2n) is 8.82. The summed E-state index contributed by atoms with van der Waals surface area (Å²) >= 11 is 1.74. The molecular formula is C32H39N5S. The number of rotatable bonds is 9. The quantitative estimate of drug-likeness (QED) is 0.191. The molecule has 0 bridgehead atoms. The second-order valence-corrected chi connectivity index (χ2v) is 9.76. The van der Waals surface area contributed by atoms with Crippen LogP contribution in [0.2, 0.25) is 0 Å². The molecule has 4 aromatic heterocycles. The average molecular weight is 526 g/mol. The predicted molar refractivity (Wildman–Crippen MR) is 166 cm³/mol. The van der Waals surface area contributed by atoms with E-state index in [1.165, 1.54) is 10.5 Å². The summed E-state index contributed by atoms with van der Waals surface area (Å²) in [5.74, 6) is 0. The van der Waals surface area contributed by atoms with Gasteiger partial charge in [-0.1, -0.05) is 50.8 Å². The van der Waals surface area contributed by atoms with Crippen LogP contribution in [0.3, 0.4) is 0 Å². The number of aromatic nitrogens is 4. The van der Waals surface area contributed by atoms with Crippen LogP contribution < -0.4 is 5.32 Å². The van der Waals surface area contributed by atoms with Crippen molar-refractivity contribution in [2.24, 2.45) is 0 Å². The number of allylic oxidation sites excluding steroid dienone is 7. The highest BCUT2D eigenvalue weighted by atomic mass is 32.1. The third kappa shape index (κ3) is 6.50. The van der Waals surface area contributed by atoms with Gasteiger partial charge in [0.05, 0.1) is 16.9 Å². The normalized spacial score (nSPS) is 12.8. The molecule has 0 unspecified atom stereocenters. The van der Waals surface area contributed by atoms with Crippen LogP contribution in [0.4, 0.5) is 0 Å². The van der Waals surface area contributed by atoms with Crippen molar-refractivity contribution in [1.29, 1.82) is 0 Å². The van der Waals surface area contributed by atoms with Crippen LogP contribution in [0.25, 0.3) is 33.6 Å². The molecule has 4 heterocycles. The Bertz CT molecular complexity index is 1470. The highest BCUT2D eigenvalue weighted by Crippen LogP contribution is 2.34. The van der Waals surface area contributed by atoms with E-state index in [0.717, 1.165) is 50.6 Å². The van der Waals surface area contributed by atoms with Crippen molar-refractivity contribution in [2.75, 3.05) is 0 Å². The van der Waals surface area contributed by atoms with E-state index in [2.05, 4.69) is 95.7 Å². The smallest absolute Gasteiger partial charge is 0.135 e. The van der Waals surface area contributed by atoms with Gasteiger partial charge in [-0.05, 0) is 82.0 Å². The Kier molecular flexibility index (Phi) is 10.3. The van der Waals surface area contributed by atoms with Gasteiger partial charge < -0.3 is 10.3 Å². The minimum Gasteiger partial charge on any atom is -0.383 e. The van der Waals surface area contributed by atoms with E-state index in [0.29, 0.717) is 6.04 Å². The summed E-state index contributed by atoms with van der Waals surface area (Å²) in [6.07, 6.45) is 12.3. The summed E-state index contributed by atoms with van der Waals surface area (Å²) in [7, 11) is 0. The number of aromatic amines is 2. The van der Waals surface area contributed by atoms with Crippen molar-refractivity contribution in [3.63, 3.8) is 0 Å². The summed E-state index contributed by atoms with van der Waals surface area (Å²) in [6.45, 7) is 18.3. The van der Waals surface area contributed by atoms with Crippen molar-refractivity contribution in [1.82, 2.24) is 25.5 Å². The van der Waals surface area contributed by atoms with Gasteiger partial charge >= 0.3 is 0 Å². The van der Waals surface area contributed by atoms with Gasteiger partial charge in [-0.3, -0.25) is 5.10 Å². The highest BCUT2D eigenvalue weighted by Gasteiger charge is 2.17. The Hall–Kier alpha value is -3.90. The molecule has 0 aliphatic heterocycles. The van der Waals surface area contributed by atoms with Crippen molar-refractivity contribution < 1.29 is 0 Å². The minimum absolute atomic E-state index is 0.314. The summed E-state index contributed by atoms with van der Waals surface area (Å²) in [6, 6.07) is 10.8.